The third-order valence-corrected chi connectivity index (χ3v) is 3.89. The Morgan fingerprint density at radius 3 is 2.00 bits per heavy atom. The van der Waals surface area contributed by atoms with E-state index in [1.54, 1.807) is 0 Å². The van der Waals surface area contributed by atoms with Gasteiger partial charge in [-0.1, -0.05) is 0 Å². The zero-order chi connectivity index (χ0) is 21.3. The van der Waals surface area contributed by atoms with Crippen LogP contribution in [0.2, 0.25) is 0 Å². The minimum Gasteiger partial charge on any atom is -0.326 e. The quantitative estimate of drug-likeness (QED) is 0.597. The maximum Gasteiger partial charge on any atom is 0.416 e. The van der Waals surface area contributed by atoms with E-state index in [0.717, 1.165) is 4.90 Å². The van der Waals surface area contributed by atoms with Gasteiger partial charge in [0.2, 0.25) is 11.8 Å². The molecule has 2 rings (SSSR count). The number of alkyl halides is 6. The molecule has 1 aromatic carbocycles. The second-order valence-corrected chi connectivity index (χ2v) is 6.13. The summed E-state index contributed by atoms with van der Waals surface area (Å²) < 4.78 is 76.8. The summed E-state index contributed by atoms with van der Waals surface area (Å²) in [5.74, 6) is -1.31. The zero-order valence-electron chi connectivity index (χ0n) is 14.4. The van der Waals surface area contributed by atoms with Crippen LogP contribution in [0.25, 0.3) is 0 Å². The van der Waals surface area contributed by atoms with Gasteiger partial charge < -0.3 is 10.2 Å². The molecule has 6 nitrogen and oxygen atoms in total. The van der Waals surface area contributed by atoms with E-state index in [-0.39, 0.29) is 32.0 Å². The molecule has 12 heteroatoms. The smallest absolute Gasteiger partial charge is 0.326 e. The van der Waals surface area contributed by atoms with Gasteiger partial charge in [-0.25, -0.2) is 4.79 Å². The van der Waals surface area contributed by atoms with Crippen LogP contribution < -0.4 is 5.32 Å². The molecule has 154 valence electrons. The number of hydrogen-bond donors (Lipinski definition) is 1. The predicted octanol–water partition coefficient (Wildman–Crippen LogP) is 3.34. The second-order valence-electron chi connectivity index (χ2n) is 6.13. The molecule has 1 aromatic rings. The molecular weight excluding hydrogens is 396 g/mol. The number of nitrogens with zero attached hydrogens (tertiary/aromatic N) is 2. The van der Waals surface area contributed by atoms with E-state index in [9.17, 15) is 40.7 Å². The van der Waals surface area contributed by atoms with Crippen LogP contribution in [0.1, 0.15) is 24.0 Å². The van der Waals surface area contributed by atoms with Crippen molar-refractivity contribution in [3.05, 3.63) is 29.3 Å². The third kappa shape index (κ3) is 5.14. The summed E-state index contributed by atoms with van der Waals surface area (Å²) in [5.41, 5.74) is -3.75. The lowest BCUT2D eigenvalue weighted by Crippen LogP contribution is -2.32. The number of imide groups is 1. The molecule has 1 N–H and O–H groups in total. The molecule has 1 fully saturated rings. The van der Waals surface area contributed by atoms with Gasteiger partial charge in [0.1, 0.15) is 6.54 Å². The highest BCUT2D eigenvalue weighted by molar-refractivity contribution is 6.01. The number of hydrogen-bond acceptors (Lipinski definition) is 3. The molecule has 1 aliphatic heterocycles. The lowest BCUT2D eigenvalue weighted by atomic mass is 10.1. The van der Waals surface area contributed by atoms with E-state index < -0.39 is 47.0 Å². The fraction of sp³-hybridized carbons (Fsp3) is 0.438. The highest BCUT2D eigenvalue weighted by atomic mass is 19.4. The van der Waals surface area contributed by atoms with Crippen LogP contribution in [0.4, 0.5) is 36.8 Å². The van der Waals surface area contributed by atoms with Gasteiger partial charge in [-0.3, -0.25) is 14.5 Å². The number of amides is 4. The fourth-order valence-corrected chi connectivity index (χ4v) is 2.54. The molecule has 0 saturated carbocycles. The summed E-state index contributed by atoms with van der Waals surface area (Å²) in [6.45, 7) is -0.193. The van der Waals surface area contributed by atoms with Crippen LogP contribution in [0.5, 0.6) is 0 Å². The first-order valence-electron chi connectivity index (χ1n) is 7.94. The lowest BCUT2D eigenvalue weighted by Gasteiger charge is -2.15. The Bertz CT molecular complexity index is 759. The second kappa shape index (κ2) is 7.68. The third-order valence-electron chi connectivity index (χ3n) is 3.89. The van der Waals surface area contributed by atoms with Gasteiger partial charge in [0, 0.05) is 25.7 Å². The van der Waals surface area contributed by atoms with Crippen molar-refractivity contribution in [1.29, 1.82) is 0 Å². The molecule has 0 aliphatic carbocycles. The number of carbonyl (C=O) groups is 3. The lowest BCUT2D eigenvalue weighted by molar-refractivity contribution is -0.143. The van der Waals surface area contributed by atoms with E-state index in [2.05, 4.69) is 0 Å². The van der Waals surface area contributed by atoms with Crippen molar-refractivity contribution < 1.29 is 40.7 Å². The molecular formula is C16H15F6N3O3. The Hall–Kier alpha value is -2.79. The van der Waals surface area contributed by atoms with Crippen molar-refractivity contribution in [1.82, 2.24) is 9.80 Å². The summed E-state index contributed by atoms with van der Waals surface area (Å²) in [6, 6.07) is 0.209. The van der Waals surface area contributed by atoms with E-state index in [1.165, 1.54) is 11.9 Å². The number of urea groups is 1. The van der Waals surface area contributed by atoms with Gasteiger partial charge in [-0.2, -0.15) is 26.3 Å². The van der Waals surface area contributed by atoms with E-state index >= 15 is 0 Å². The van der Waals surface area contributed by atoms with E-state index in [0.29, 0.717) is 12.1 Å². The summed E-state index contributed by atoms with van der Waals surface area (Å²) in [6.07, 6.45) is -10.4. The Kier molecular flexibility index (Phi) is 5.90. The monoisotopic (exact) mass is 411 g/mol. The minimum absolute atomic E-state index is 0.00223. The van der Waals surface area contributed by atoms with Gasteiger partial charge in [0.25, 0.3) is 0 Å². The Morgan fingerprint density at radius 2 is 1.57 bits per heavy atom. The zero-order valence-corrected chi connectivity index (χ0v) is 14.4. The summed E-state index contributed by atoms with van der Waals surface area (Å²) in [7, 11) is 1.42. The van der Waals surface area contributed by atoms with Crippen LogP contribution in [0.15, 0.2) is 18.2 Å². The highest BCUT2D eigenvalue weighted by Gasteiger charge is 2.37. The Labute approximate surface area is 155 Å². The van der Waals surface area contributed by atoms with Gasteiger partial charge >= 0.3 is 18.4 Å². The average Bonchev–Trinajstić information content (AvgIpc) is 2.79. The molecule has 0 spiro atoms. The predicted molar refractivity (Wildman–Crippen MR) is 84.0 cm³/mol. The first-order valence-corrected chi connectivity index (χ1v) is 7.94. The fourth-order valence-electron chi connectivity index (χ4n) is 2.54. The van der Waals surface area contributed by atoms with E-state index in [4.69, 9.17) is 0 Å². The van der Waals surface area contributed by atoms with Crippen molar-refractivity contribution in [2.75, 3.05) is 25.5 Å². The Balaban J connectivity index is 2.03. The number of nitrogens with one attached hydrogen (secondary N) is 1. The number of likely N-dealkylation sites (N-methyl/N-ethyl adjacent to an activating group) is 1. The van der Waals surface area contributed by atoms with Crippen LogP contribution >= 0.6 is 0 Å². The van der Waals surface area contributed by atoms with Crippen molar-refractivity contribution in [2.45, 2.75) is 25.2 Å². The summed E-state index contributed by atoms with van der Waals surface area (Å²) in [4.78, 5) is 37.2. The standard InChI is InChI=1S/C16H15F6N3O3/c1-24-8-13(27)25(14(24)28)4-2-3-12(26)23-11-6-9(15(17,18)19)5-10(7-11)16(20,21)22/h5-7H,2-4,8H2,1H3,(H,23,26). The average molecular weight is 411 g/mol. The van der Waals surface area contributed by atoms with Crippen LogP contribution in [-0.2, 0) is 21.9 Å². The summed E-state index contributed by atoms with van der Waals surface area (Å²) >= 11 is 0. The minimum atomic E-state index is -5.02. The van der Waals surface area contributed by atoms with Crippen molar-refractivity contribution in [3.63, 3.8) is 0 Å². The largest absolute Gasteiger partial charge is 0.416 e. The Morgan fingerprint density at radius 1 is 1.04 bits per heavy atom. The molecule has 4 amide bonds. The number of anilines is 1. The molecule has 1 aliphatic rings. The topological polar surface area (TPSA) is 69.7 Å². The maximum absolute atomic E-state index is 12.8. The van der Waals surface area contributed by atoms with Crippen molar-refractivity contribution in [2.24, 2.45) is 0 Å². The SMILES string of the molecule is CN1CC(=O)N(CCCC(=O)Nc2cc(C(F)(F)F)cc(C(F)(F)F)c2)C1=O. The van der Waals surface area contributed by atoms with Gasteiger partial charge in [0.15, 0.2) is 0 Å². The molecule has 0 radical (unpaired) electrons. The van der Waals surface area contributed by atoms with Gasteiger partial charge in [-0.05, 0) is 24.6 Å². The molecule has 0 aromatic heterocycles. The first kappa shape index (κ1) is 21.5. The van der Waals surface area contributed by atoms with Crippen LogP contribution in [0.3, 0.4) is 0 Å². The normalized spacial score (nSPS) is 15.4. The summed E-state index contributed by atoms with van der Waals surface area (Å²) in [5, 5.41) is 1.99. The number of carbonyl (C=O) groups excluding carboxylic acids is 3. The van der Waals surface area contributed by atoms with Crippen molar-refractivity contribution >= 4 is 23.5 Å². The first-order chi connectivity index (χ1) is 12.8. The molecule has 1 saturated heterocycles. The van der Waals surface area contributed by atoms with Crippen LogP contribution in [0, 0.1) is 0 Å². The molecule has 0 unspecified atom stereocenters. The molecule has 28 heavy (non-hydrogen) atoms. The number of benzene rings is 1. The number of rotatable bonds is 5. The molecule has 1 heterocycles. The molecule has 0 atom stereocenters. The van der Waals surface area contributed by atoms with Gasteiger partial charge in [-0.15, -0.1) is 0 Å². The number of halogens is 6. The maximum atomic E-state index is 12.8. The van der Waals surface area contributed by atoms with Gasteiger partial charge in [0.05, 0.1) is 11.1 Å². The van der Waals surface area contributed by atoms with Crippen LogP contribution in [-0.4, -0.2) is 47.8 Å². The van der Waals surface area contributed by atoms with E-state index in [1.807, 2.05) is 5.32 Å². The highest BCUT2D eigenvalue weighted by Crippen LogP contribution is 2.37. The van der Waals surface area contributed by atoms with Crippen molar-refractivity contribution in [3.8, 4) is 0 Å². The molecule has 0 bridgehead atoms.